The Kier molecular flexibility index (Phi) is 5.15. The maximum absolute atomic E-state index is 13.7. The van der Waals surface area contributed by atoms with Crippen molar-refractivity contribution in [3.05, 3.63) is 34.1 Å². The lowest BCUT2D eigenvalue weighted by Gasteiger charge is -2.37. The summed E-state index contributed by atoms with van der Waals surface area (Å²) in [5.41, 5.74) is 0.731. The zero-order valence-electron chi connectivity index (χ0n) is 10.4. The van der Waals surface area contributed by atoms with Crippen molar-refractivity contribution in [1.29, 1.82) is 0 Å². The number of hydrogen-bond acceptors (Lipinski definition) is 2. The summed E-state index contributed by atoms with van der Waals surface area (Å²) in [5.74, 6) is -0.147. The average Bonchev–Trinajstić information content (AvgIpc) is 2.28. The first-order chi connectivity index (χ1) is 8.70. The van der Waals surface area contributed by atoms with Gasteiger partial charge in [-0.3, -0.25) is 4.90 Å². The molecule has 1 aromatic rings. The van der Waals surface area contributed by atoms with Gasteiger partial charge in [0.15, 0.2) is 0 Å². The molecule has 0 bridgehead atoms. The van der Waals surface area contributed by atoms with Crippen LogP contribution in [0.15, 0.2) is 22.7 Å². The first-order valence-electron chi connectivity index (χ1n) is 6.49. The molecule has 0 unspecified atom stereocenters. The van der Waals surface area contributed by atoms with Gasteiger partial charge in [-0.15, -0.1) is 0 Å². The first kappa shape index (κ1) is 14.0. The van der Waals surface area contributed by atoms with Crippen LogP contribution in [0, 0.1) is 5.82 Å². The number of rotatable bonds is 6. The summed E-state index contributed by atoms with van der Waals surface area (Å²) in [5, 5.41) is 8.94. The Morgan fingerprint density at radius 1 is 1.39 bits per heavy atom. The summed E-state index contributed by atoms with van der Waals surface area (Å²) < 4.78 is 14.7. The van der Waals surface area contributed by atoms with Crippen LogP contribution >= 0.6 is 15.9 Å². The van der Waals surface area contributed by atoms with Gasteiger partial charge >= 0.3 is 0 Å². The number of benzene rings is 1. The van der Waals surface area contributed by atoms with Gasteiger partial charge in [-0.25, -0.2) is 4.39 Å². The predicted molar refractivity (Wildman–Crippen MR) is 73.9 cm³/mol. The maximum Gasteiger partial charge on any atom is 0.127 e. The highest BCUT2D eigenvalue weighted by atomic mass is 79.9. The Labute approximate surface area is 116 Å². The molecule has 0 saturated heterocycles. The Balaban J connectivity index is 2.04. The SMILES string of the molecule is OCCCN(Cc1cc(Br)ccc1F)C1CCC1. The molecule has 2 rings (SSSR count). The molecule has 0 atom stereocenters. The molecule has 1 aliphatic rings. The van der Waals surface area contributed by atoms with Crippen LogP contribution in [0.2, 0.25) is 0 Å². The highest BCUT2D eigenvalue weighted by Crippen LogP contribution is 2.27. The maximum atomic E-state index is 13.7. The molecule has 0 spiro atoms. The topological polar surface area (TPSA) is 23.5 Å². The Hall–Kier alpha value is -0.450. The molecule has 0 radical (unpaired) electrons. The van der Waals surface area contributed by atoms with Gasteiger partial charge in [-0.1, -0.05) is 22.4 Å². The number of hydrogen-bond donors (Lipinski definition) is 1. The average molecular weight is 316 g/mol. The third-order valence-electron chi connectivity index (χ3n) is 3.58. The second kappa shape index (κ2) is 6.64. The largest absolute Gasteiger partial charge is 0.396 e. The predicted octanol–water partition coefficient (Wildman–Crippen LogP) is 3.33. The minimum Gasteiger partial charge on any atom is -0.396 e. The Morgan fingerprint density at radius 2 is 2.17 bits per heavy atom. The van der Waals surface area contributed by atoms with Crippen molar-refractivity contribution >= 4 is 15.9 Å². The van der Waals surface area contributed by atoms with Crippen LogP contribution < -0.4 is 0 Å². The molecule has 0 aliphatic heterocycles. The molecule has 0 aromatic heterocycles. The molecule has 1 saturated carbocycles. The van der Waals surface area contributed by atoms with E-state index in [1.54, 1.807) is 6.07 Å². The van der Waals surface area contributed by atoms with Gasteiger partial charge < -0.3 is 5.11 Å². The molecule has 1 fully saturated rings. The molecule has 2 nitrogen and oxygen atoms in total. The van der Waals surface area contributed by atoms with E-state index >= 15 is 0 Å². The molecule has 100 valence electrons. The standard InChI is InChI=1S/C14H19BrFNO/c15-12-5-6-14(16)11(9-12)10-17(7-2-8-18)13-3-1-4-13/h5-6,9,13,18H,1-4,7-8,10H2. The molecule has 0 amide bonds. The minimum atomic E-state index is -0.147. The summed E-state index contributed by atoms with van der Waals surface area (Å²) in [7, 11) is 0. The number of nitrogens with zero attached hydrogens (tertiary/aromatic N) is 1. The van der Waals surface area contributed by atoms with Gasteiger partial charge in [-0.2, -0.15) is 0 Å². The van der Waals surface area contributed by atoms with Gasteiger partial charge in [-0.05, 0) is 37.5 Å². The van der Waals surface area contributed by atoms with Crippen LogP contribution in [0.5, 0.6) is 0 Å². The lowest BCUT2D eigenvalue weighted by atomic mass is 9.91. The molecule has 1 aliphatic carbocycles. The summed E-state index contributed by atoms with van der Waals surface area (Å²) in [6.07, 6.45) is 4.41. The summed E-state index contributed by atoms with van der Waals surface area (Å²) >= 11 is 3.38. The van der Waals surface area contributed by atoms with E-state index in [1.807, 2.05) is 6.07 Å². The monoisotopic (exact) mass is 315 g/mol. The lowest BCUT2D eigenvalue weighted by molar-refractivity contribution is 0.108. The van der Waals surface area contributed by atoms with Gasteiger partial charge in [0.25, 0.3) is 0 Å². The zero-order valence-corrected chi connectivity index (χ0v) is 12.0. The Morgan fingerprint density at radius 3 is 2.78 bits per heavy atom. The fourth-order valence-electron chi connectivity index (χ4n) is 2.30. The molecular formula is C14H19BrFNO. The van der Waals surface area contributed by atoms with Gasteiger partial charge in [0, 0.05) is 35.8 Å². The van der Waals surface area contributed by atoms with E-state index in [2.05, 4.69) is 20.8 Å². The summed E-state index contributed by atoms with van der Waals surface area (Å²) in [6, 6.07) is 5.64. The van der Waals surface area contributed by atoms with Crippen molar-refractivity contribution in [1.82, 2.24) is 4.90 Å². The van der Waals surface area contributed by atoms with Crippen molar-refractivity contribution < 1.29 is 9.50 Å². The van der Waals surface area contributed by atoms with Gasteiger partial charge in [0.1, 0.15) is 5.82 Å². The van der Waals surface area contributed by atoms with E-state index < -0.39 is 0 Å². The van der Waals surface area contributed by atoms with E-state index in [0.29, 0.717) is 12.6 Å². The van der Waals surface area contributed by atoms with Crippen LogP contribution in [0.3, 0.4) is 0 Å². The van der Waals surface area contributed by atoms with Crippen molar-refractivity contribution in [2.45, 2.75) is 38.3 Å². The molecular weight excluding hydrogens is 297 g/mol. The second-order valence-corrected chi connectivity index (χ2v) is 5.78. The van der Waals surface area contributed by atoms with E-state index in [9.17, 15) is 4.39 Å². The molecule has 1 N–H and O–H groups in total. The second-order valence-electron chi connectivity index (χ2n) is 4.87. The highest BCUT2D eigenvalue weighted by Gasteiger charge is 2.25. The fraction of sp³-hybridized carbons (Fsp3) is 0.571. The normalized spacial score (nSPS) is 16.0. The van der Waals surface area contributed by atoms with Crippen LogP contribution in [-0.4, -0.2) is 29.2 Å². The van der Waals surface area contributed by atoms with E-state index in [4.69, 9.17) is 5.11 Å². The third-order valence-corrected chi connectivity index (χ3v) is 4.07. The minimum absolute atomic E-state index is 0.147. The molecule has 1 aromatic carbocycles. The molecule has 18 heavy (non-hydrogen) atoms. The van der Waals surface area contributed by atoms with E-state index in [0.717, 1.165) is 23.0 Å². The Bertz CT molecular complexity index is 395. The summed E-state index contributed by atoms with van der Waals surface area (Å²) in [6.45, 7) is 1.67. The molecule has 0 heterocycles. The summed E-state index contributed by atoms with van der Waals surface area (Å²) in [4.78, 5) is 2.30. The lowest BCUT2D eigenvalue weighted by Crippen LogP contribution is -2.40. The number of aliphatic hydroxyl groups excluding tert-OH is 1. The zero-order chi connectivity index (χ0) is 13.0. The van der Waals surface area contributed by atoms with E-state index in [-0.39, 0.29) is 12.4 Å². The number of halogens is 2. The van der Waals surface area contributed by atoms with Crippen LogP contribution in [-0.2, 0) is 6.54 Å². The first-order valence-corrected chi connectivity index (χ1v) is 7.29. The number of aliphatic hydroxyl groups is 1. The quantitative estimate of drug-likeness (QED) is 0.870. The van der Waals surface area contributed by atoms with E-state index in [1.165, 1.54) is 25.3 Å². The van der Waals surface area contributed by atoms with Crippen molar-refractivity contribution in [2.24, 2.45) is 0 Å². The van der Waals surface area contributed by atoms with Crippen LogP contribution in [0.1, 0.15) is 31.2 Å². The van der Waals surface area contributed by atoms with Crippen molar-refractivity contribution in [2.75, 3.05) is 13.2 Å². The molecule has 4 heteroatoms. The van der Waals surface area contributed by atoms with Crippen LogP contribution in [0.25, 0.3) is 0 Å². The van der Waals surface area contributed by atoms with Gasteiger partial charge in [0.2, 0.25) is 0 Å². The fourth-order valence-corrected chi connectivity index (χ4v) is 2.71. The van der Waals surface area contributed by atoms with Crippen molar-refractivity contribution in [3.8, 4) is 0 Å². The van der Waals surface area contributed by atoms with Crippen molar-refractivity contribution in [3.63, 3.8) is 0 Å². The third kappa shape index (κ3) is 3.53. The highest BCUT2D eigenvalue weighted by molar-refractivity contribution is 9.10. The van der Waals surface area contributed by atoms with Crippen LogP contribution in [0.4, 0.5) is 4.39 Å². The van der Waals surface area contributed by atoms with Gasteiger partial charge in [0.05, 0.1) is 0 Å². The smallest absolute Gasteiger partial charge is 0.127 e.